The highest BCUT2D eigenvalue weighted by Crippen LogP contribution is 2.11. The van der Waals surface area contributed by atoms with Crippen LogP contribution in [0.1, 0.15) is 28.8 Å². The summed E-state index contributed by atoms with van der Waals surface area (Å²) in [6, 6.07) is 19.6. The van der Waals surface area contributed by atoms with Gasteiger partial charge in [0.05, 0.1) is 6.54 Å². The first-order chi connectivity index (χ1) is 13.2. The lowest BCUT2D eigenvalue weighted by atomic mass is 10.0. The molecule has 1 heterocycles. The summed E-state index contributed by atoms with van der Waals surface area (Å²) in [5, 5.41) is 5.74. The highest BCUT2D eigenvalue weighted by atomic mass is 16.2. The normalized spacial score (nSPS) is 17.3. The van der Waals surface area contributed by atoms with Crippen molar-refractivity contribution in [2.24, 2.45) is 0 Å². The van der Waals surface area contributed by atoms with E-state index in [1.165, 1.54) is 5.56 Å². The number of carbonyl (C=O) groups excluding carboxylic acids is 2. The fraction of sp³-hybridized carbons (Fsp3) is 0.364. The minimum atomic E-state index is -0.223. The Labute approximate surface area is 160 Å². The maximum absolute atomic E-state index is 12.2. The molecule has 3 rings (SSSR count). The van der Waals surface area contributed by atoms with Crippen molar-refractivity contribution in [3.63, 3.8) is 0 Å². The van der Waals surface area contributed by atoms with Gasteiger partial charge in [0.2, 0.25) is 5.91 Å². The molecule has 1 saturated heterocycles. The van der Waals surface area contributed by atoms with Gasteiger partial charge in [-0.25, -0.2) is 0 Å². The molecule has 2 aromatic carbocycles. The van der Waals surface area contributed by atoms with Crippen LogP contribution in [0.4, 0.5) is 0 Å². The third-order valence-electron chi connectivity index (χ3n) is 4.88. The predicted octanol–water partition coefficient (Wildman–Crippen LogP) is 2.24. The van der Waals surface area contributed by atoms with E-state index in [9.17, 15) is 9.59 Å². The summed E-state index contributed by atoms with van der Waals surface area (Å²) < 4.78 is 0. The van der Waals surface area contributed by atoms with Gasteiger partial charge in [0.1, 0.15) is 0 Å². The molecule has 0 spiro atoms. The maximum Gasteiger partial charge on any atom is 0.251 e. The van der Waals surface area contributed by atoms with Gasteiger partial charge in [0, 0.05) is 24.7 Å². The fourth-order valence-electron chi connectivity index (χ4n) is 3.44. The second kappa shape index (κ2) is 9.88. The van der Waals surface area contributed by atoms with E-state index in [2.05, 4.69) is 39.8 Å². The Morgan fingerprint density at radius 3 is 2.44 bits per heavy atom. The zero-order chi connectivity index (χ0) is 18.9. The molecule has 27 heavy (non-hydrogen) atoms. The molecule has 2 amide bonds. The minimum Gasteiger partial charge on any atom is -0.351 e. The molecule has 1 atom stereocenters. The molecule has 0 aliphatic carbocycles. The number of nitrogens with zero attached hydrogens (tertiary/aromatic N) is 1. The minimum absolute atomic E-state index is 0.00818. The molecule has 2 N–H and O–H groups in total. The maximum atomic E-state index is 12.2. The number of nitrogens with one attached hydrogen (secondary N) is 2. The van der Waals surface area contributed by atoms with Gasteiger partial charge in [-0.1, -0.05) is 48.5 Å². The molecule has 1 aliphatic heterocycles. The summed E-state index contributed by atoms with van der Waals surface area (Å²) in [4.78, 5) is 26.6. The molecule has 142 valence electrons. The lowest BCUT2D eigenvalue weighted by molar-refractivity contribution is -0.121. The average Bonchev–Trinajstić information content (AvgIpc) is 2.72. The average molecular weight is 365 g/mol. The number of carbonyl (C=O) groups is 2. The van der Waals surface area contributed by atoms with Gasteiger partial charge < -0.3 is 15.5 Å². The summed E-state index contributed by atoms with van der Waals surface area (Å²) in [7, 11) is 0. The lowest BCUT2D eigenvalue weighted by Crippen LogP contribution is -2.50. The standard InChI is InChI=1S/C22H27N3O2/c26-21(16-23-22(27)19-10-5-2-6-11-19)24-20-12-7-14-25(17-20)15-13-18-8-3-1-4-9-18/h1-6,8-11,20H,7,12-17H2,(H,23,27)(H,24,26). The Kier molecular flexibility index (Phi) is 6.99. The number of likely N-dealkylation sites (tertiary alicyclic amines) is 1. The molecule has 0 aromatic heterocycles. The Bertz CT molecular complexity index is 734. The van der Waals surface area contributed by atoms with Gasteiger partial charge in [-0.15, -0.1) is 0 Å². The van der Waals surface area contributed by atoms with E-state index in [1.54, 1.807) is 24.3 Å². The fourth-order valence-corrected chi connectivity index (χ4v) is 3.44. The summed E-state index contributed by atoms with van der Waals surface area (Å²) in [5.41, 5.74) is 1.90. The number of rotatable bonds is 7. The van der Waals surface area contributed by atoms with E-state index >= 15 is 0 Å². The molecule has 1 fully saturated rings. The zero-order valence-corrected chi connectivity index (χ0v) is 15.6. The van der Waals surface area contributed by atoms with Crippen molar-refractivity contribution in [2.45, 2.75) is 25.3 Å². The van der Waals surface area contributed by atoms with Crippen LogP contribution in [0.25, 0.3) is 0 Å². The quantitative estimate of drug-likeness (QED) is 0.791. The van der Waals surface area contributed by atoms with Crippen molar-refractivity contribution in [1.29, 1.82) is 0 Å². The summed E-state index contributed by atoms with van der Waals surface area (Å²) >= 11 is 0. The third-order valence-corrected chi connectivity index (χ3v) is 4.88. The smallest absolute Gasteiger partial charge is 0.251 e. The number of hydrogen-bond donors (Lipinski definition) is 2. The van der Waals surface area contributed by atoms with Crippen molar-refractivity contribution in [1.82, 2.24) is 15.5 Å². The Morgan fingerprint density at radius 1 is 1.00 bits per heavy atom. The Balaban J connectivity index is 1.39. The first-order valence-corrected chi connectivity index (χ1v) is 9.59. The van der Waals surface area contributed by atoms with Crippen molar-refractivity contribution in [2.75, 3.05) is 26.2 Å². The molecule has 1 unspecified atom stereocenters. The molecule has 5 nitrogen and oxygen atoms in total. The predicted molar refractivity (Wildman–Crippen MR) is 107 cm³/mol. The highest BCUT2D eigenvalue weighted by molar-refractivity contribution is 5.96. The van der Waals surface area contributed by atoms with E-state index in [0.717, 1.165) is 38.9 Å². The van der Waals surface area contributed by atoms with Crippen LogP contribution >= 0.6 is 0 Å². The summed E-state index contributed by atoms with van der Waals surface area (Å²) in [6.45, 7) is 2.95. The van der Waals surface area contributed by atoms with Crippen LogP contribution in [0.15, 0.2) is 60.7 Å². The molecule has 0 saturated carbocycles. The van der Waals surface area contributed by atoms with Crippen LogP contribution < -0.4 is 10.6 Å². The molecule has 5 heteroatoms. The van der Waals surface area contributed by atoms with Crippen molar-refractivity contribution >= 4 is 11.8 Å². The number of benzene rings is 2. The number of piperidine rings is 1. The van der Waals surface area contributed by atoms with Gasteiger partial charge in [-0.2, -0.15) is 0 Å². The molecule has 0 bridgehead atoms. The molecule has 0 radical (unpaired) electrons. The van der Waals surface area contributed by atoms with Crippen molar-refractivity contribution in [3.8, 4) is 0 Å². The van der Waals surface area contributed by atoms with Gasteiger partial charge in [0.15, 0.2) is 0 Å². The molecular formula is C22H27N3O2. The topological polar surface area (TPSA) is 61.4 Å². The van der Waals surface area contributed by atoms with Crippen LogP contribution in [0.2, 0.25) is 0 Å². The van der Waals surface area contributed by atoms with E-state index in [1.807, 2.05) is 12.1 Å². The first-order valence-electron chi connectivity index (χ1n) is 9.59. The van der Waals surface area contributed by atoms with Crippen LogP contribution in [-0.2, 0) is 11.2 Å². The zero-order valence-electron chi connectivity index (χ0n) is 15.6. The van der Waals surface area contributed by atoms with Crippen molar-refractivity contribution < 1.29 is 9.59 Å². The largest absolute Gasteiger partial charge is 0.351 e. The van der Waals surface area contributed by atoms with E-state index < -0.39 is 0 Å². The lowest BCUT2D eigenvalue weighted by Gasteiger charge is -2.33. The van der Waals surface area contributed by atoms with Crippen LogP contribution in [0.3, 0.4) is 0 Å². The van der Waals surface area contributed by atoms with Gasteiger partial charge in [-0.3, -0.25) is 9.59 Å². The molecule has 2 aromatic rings. The van der Waals surface area contributed by atoms with Gasteiger partial charge >= 0.3 is 0 Å². The third kappa shape index (κ3) is 6.22. The van der Waals surface area contributed by atoms with Gasteiger partial charge in [0.25, 0.3) is 5.91 Å². The molecular weight excluding hydrogens is 338 g/mol. The number of hydrogen-bond acceptors (Lipinski definition) is 3. The molecule has 1 aliphatic rings. The van der Waals surface area contributed by atoms with Gasteiger partial charge in [-0.05, 0) is 43.5 Å². The van der Waals surface area contributed by atoms with Crippen LogP contribution in [0.5, 0.6) is 0 Å². The Morgan fingerprint density at radius 2 is 1.70 bits per heavy atom. The van der Waals surface area contributed by atoms with Crippen LogP contribution in [0, 0.1) is 0 Å². The van der Waals surface area contributed by atoms with E-state index in [4.69, 9.17) is 0 Å². The second-order valence-electron chi connectivity index (χ2n) is 6.99. The SMILES string of the molecule is O=C(CNC(=O)c1ccccc1)NC1CCCN(CCc2ccccc2)C1. The number of amides is 2. The monoisotopic (exact) mass is 365 g/mol. The van der Waals surface area contributed by atoms with Crippen molar-refractivity contribution in [3.05, 3.63) is 71.8 Å². The van der Waals surface area contributed by atoms with E-state index in [-0.39, 0.29) is 24.4 Å². The second-order valence-corrected chi connectivity index (χ2v) is 6.99. The summed E-state index contributed by atoms with van der Waals surface area (Å²) in [6.07, 6.45) is 3.09. The van der Waals surface area contributed by atoms with Crippen LogP contribution in [-0.4, -0.2) is 48.9 Å². The Hall–Kier alpha value is -2.66. The summed E-state index contributed by atoms with van der Waals surface area (Å²) in [5.74, 6) is -0.354. The highest BCUT2D eigenvalue weighted by Gasteiger charge is 2.21. The van der Waals surface area contributed by atoms with E-state index in [0.29, 0.717) is 5.56 Å². The first kappa shape index (κ1) is 19.1.